The minimum absolute atomic E-state index is 0.185. The summed E-state index contributed by atoms with van der Waals surface area (Å²) in [7, 11) is 1.15. The van der Waals surface area contributed by atoms with E-state index in [0.717, 1.165) is 20.1 Å². The van der Waals surface area contributed by atoms with Gasteiger partial charge in [0.15, 0.2) is 0 Å². The van der Waals surface area contributed by atoms with E-state index >= 15 is 0 Å². The van der Waals surface area contributed by atoms with Crippen LogP contribution in [0.25, 0.3) is 0 Å². The van der Waals surface area contributed by atoms with E-state index < -0.39 is 0 Å². The molecular weight excluding hydrogens is 303 g/mol. The van der Waals surface area contributed by atoms with Gasteiger partial charge in [0.05, 0.1) is 0 Å². The lowest BCUT2D eigenvalue weighted by molar-refractivity contribution is 0.130. The van der Waals surface area contributed by atoms with Gasteiger partial charge in [-0.25, -0.2) is 0 Å². The van der Waals surface area contributed by atoms with Crippen LogP contribution in [-0.4, -0.2) is 11.2 Å². The highest BCUT2D eigenvalue weighted by atomic mass is 31.1. The van der Waals surface area contributed by atoms with Gasteiger partial charge in [-0.15, -0.1) is 0 Å². The fourth-order valence-corrected chi connectivity index (χ4v) is 3.09. The molecule has 0 bridgehead atoms. The molecular formula is C20H26O2P-. The molecule has 0 aromatic heterocycles. The molecule has 2 aromatic rings. The lowest BCUT2D eigenvalue weighted by Crippen LogP contribution is -2.23. The van der Waals surface area contributed by atoms with Gasteiger partial charge in [-0.05, 0) is 65.8 Å². The summed E-state index contributed by atoms with van der Waals surface area (Å²) in [5, 5.41) is 2.42. The Kier molecular flexibility index (Phi) is 5.37. The maximum Gasteiger partial charge on any atom is 0.117 e. The third-order valence-electron chi connectivity index (χ3n) is 2.74. The van der Waals surface area contributed by atoms with Crippen molar-refractivity contribution in [2.45, 2.75) is 52.7 Å². The van der Waals surface area contributed by atoms with Crippen LogP contribution in [0.5, 0.6) is 11.5 Å². The molecule has 0 unspecified atom stereocenters. The molecule has 0 heterocycles. The summed E-state index contributed by atoms with van der Waals surface area (Å²) < 4.78 is 11.9. The first kappa shape index (κ1) is 17.8. The first-order valence-corrected chi connectivity index (χ1v) is 8.80. The second-order valence-electron chi connectivity index (χ2n) is 7.54. The van der Waals surface area contributed by atoms with Crippen molar-refractivity contribution >= 4 is 19.2 Å². The van der Waals surface area contributed by atoms with E-state index in [0.29, 0.717) is 0 Å². The van der Waals surface area contributed by atoms with Crippen LogP contribution in [0.15, 0.2) is 48.5 Å². The Morgan fingerprint density at radius 1 is 0.652 bits per heavy atom. The van der Waals surface area contributed by atoms with Gasteiger partial charge >= 0.3 is 0 Å². The molecule has 124 valence electrons. The Hall–Kier alpha value is -1.53. The normalized spacial score (nSPS) is 12.1. The van der Waals surface area contributed by atoms with E-state index in [9.17, 15) is 0 Å². The van der Waals surface area contributed by atoms with E-state index in [1.165, 1.54) is 10.6 Å². The molecule has 0 amide bonds. The predicted molar refractivity (Wildman–Crippen MR) is 99.8 cm³/mol. The van der Waals surface area contributed by atoms with E-state index in [-0.39, 0.29) is 11.2 Å². The van der Waals surface area contributed by atoms with Crippen molar-refractivity contribution in [1.29, 1.82) is 0 Å². The second kappa shape index (κ2) is 6.93. The maximum absolute atomic E-state index is 5.94. The van der Waals surface area contributed by atoms with Crippen molar-refractivity contribution in [3.8, 4) is 11.5 Å². The molecule has 3 heteroatoms. The largest absolute Gasteiger partial charge is 0.488 e. The topological polar surface area (TPSA) is 18.5 Å². The molecule has 0 atom stereocenters. The lowest BCUT2D eigenvalue weighted by atomic mass is 10.2. The standard InChI is InChI=1S/C20H26O2P/c1-19(2,3)21-15-9-7-11-17(13-15)23-18-12-8-10-16(14-18)22-20(4,5)6/h7-14H,1-6H3/q-1. The molecule has 0 saturated heterocycles. The van der Waals surface area contributed by atoms with Gasteiger partial charge in [0.1, 0.15) is 22.7 Å². The average Bonchev–Trinajstić information content (AvgIpc) is 2.35. The first-order chi connectivity index (χ1) is 10.6. The molecule has 2 nitrogen and oxygen atoms in total. The van der Waals surface area contributed by atoms with Gasteiger partial charge in [-0.3, -0.25) is 0 Å². The van der Waals surface area contributed by atoms with E-state index in [1.54, 1.807) is 0 Å². The first-order valence-electron chi connectivity index (χ1n) is 7.91. The van der Waals surface area contributed by atoms with Crippen LogP contribution in [0.4, 0.5) is 0 Å². The van der Waals surface area contributed by atoms with Crippen LogP contribution in [-0.2, 0) is 0 Å². The van der Waals surface area contributed by atoms with E-state index in [2.05, 4.69) is 65.8 Å². The number of benzene rings is 2. The van der Waals surface area contributed by atoms with Crippen LogP contribution in [0.2, 0.25) is 0 Å². The van der Waals surface area contributed by atoms with E-state index in [1.807, 2.05) is 24.3 Å². The molecule has 2 rings (SSSR count). The molecule has 0 aliphatic carbocycles. The molecule has 2 aromatic carbocycles. The maximum atomic E-state index is 5.94. The third-order valence-corrected chi connectivity index (χ3v) is 3.81. The fraction of sp³-hybridized carbons (Fsp3) is 0.400. The van der Waals surface area contributed by atoms with Crippen molar-refractivity contribution < 1.29 is 9.47 Å². The SMILES string of the molecule is CC(C)(C)Oc1cccc([P-]c2cccc(OC(C)(C)C)c2)c1. The lowest BCUT2D eigenvalue weighted by Gasteiger charge is -2.26. The number of ether oxygens (including phenoxy) is 2. The fourth-order valence-electron chi connectivity index (χ4n) is 2.09. The van der Waals surface area contributed by atoms with Crippen molar-refractivity contribution in [2.24, 2.45) is 0 Å². The summed E-state index contributed by atoms with van der Waals surface area (Å²) >= 11 is 0. The summed E-state index contributed by atoms with van der Waals surface area (Å²) in [6.45, 7) is 12.4. The zero-order valence-electron chi connectivity index (χ0n) is 14.9. The molecule has 0 aliphatic heterocycles. The minimum Gasteiger partial charge on any atom is -0.488 e. The Balaban J connectivity index is 2.13. The molecule has 23 heavy (non-hydrogen) atoms. The molecule has 0 radical (unpaired) electrons. The molecule has 0 saturated carbocycles. The third kappa shape index (κ3) is 6.62. The number of rotatable bonds is 4. The van der Waals surface area contributed by atoms with Gasteiger partial charge in [-0.2, -0.15) is 10.6 Å². The second-order valence-corrected chi connectivity index (χ2v) is 8.79. The van der Waals surface area contributed by atoms with Crippen LogP contribution >= 0.6 is 8.58 Å². The van der Waals surface area contributed by atoms with Gasteiger partial charge in [-0.1, -0.05) is 24.3 Å². The molecule has 0 fully saturated rings. The summed E-state index contributed by atoms with van der Waals surface area (Å²) in [5.41, 5.74) is -0.369. The van der Waals surface area contributed by atoms with E-state index in [4.69, 9.17) is 9.47 Å². The van der Waals surface area contributed by atoms with Crippen LogP contribution in [0, 0.1) is 0 Å². The monoisotopic (exact) mass is 329 g/mol. The number of hydrogen-bond donors (Lipinski definition) is 0. The van der Waals surface area contributed by atoms with Crippen LogP contribution in [0.1, 0.15) is 41.5 Å². The zero-order valence-corrected chi connectivity index (χ0v) is 15.8. The summed E-state index contributed by atoms with van der Waals surface area (Å²) in [4.78, 5) is 0. The Labute approximate surface area is 142 Å². The molecule has 0 spiro atoms. The number of hydrogen-bond acceptors (Lipinski definition) is 2. The highest BCUT2D eigenvalue weighted by Gasteiger charge is 2.11. The summed E-state index contributed by atoms with van der Waals surface area (Å²) in [5.74, 6) is 1.81. The van der Waals surface area contributed by atoms with Gasteiger partial charge in [0.25, 0.3) is 0 Å². The minimum atomic E-state index is -0.185. The highest BCUT2D eigenvalue weighted by molar-refractivity contribution is 7.55. The average molecular weight is 329 g/mol. The summed E-state index contributed by atoms with van der Waals surface area (Å²) in [6, 6.07) is 16.5. The van der Waals surface area contributed by atoms with Crippen LogP contribution in [0.3, 0.4) is 0 Å². The van der Waals surface area contributed by atoms with Gasteiger partial charge in [0, 0.05) is 0 Å². The quantitative estimate of drug-likeness (QED) is 0.740. The van der Waals surface area contributed by atoms with Crippen molar-refractivity contribution in [2.75, 3.05) is 0 Å². The zero-order chi connectivity index (χ0) is 17.1. The Morgan fingerprint density at radius 2 is 1.04 bits per heavy atom. The van der Waals surface area contributed by atoms with Crippen molar-refractivity contribution in [3.05, 3.63) is 48.5 Å². The Bertz CT molecular complexity index is 594. The smallest absolute Gasteiger partial charge is 0.117 e. The molecule has 0 aliphatic rings. The van der Waals surface area contributed by atoms with Crippen molar-refractivity contribution in [1.82, 2.24) is 0 Å². The van der Waals surface area contributed by atoms with Gasteiger partial charge < -0.3 is 18.1 Å². The van der Waals surface area contributed by atoms with Crippen molar-refractivity contribution in [3.63, 3.8) is 0 Å². The predicted octanol–water partition coefficient (Wildman–Crippen LogP) is 4.94. The summed E-state index contributed by atoms with van der Waals surface area (Å²) in [6.07, 6.45) is 0. The van der Waals surface area contributed by atoms with Crippen LogP contribution < -0.4 is 20.1 Å². The Morgan fingerprint density at radius 3 is 1.39 bits per heavy atom. The highest BCUT2D eigenvalue weighted by Crippen LogP contribution is 2.22. The van der Waals surface area contributed by atoms with Gasteiger partial charge in [0.2, 0.25) is 0 Å². The molecule has 0 N–H and O–H groups in total.